The third-order valence-corrected chi connectivity index (χ3v) is 3.83. The molecule has 0 aromatic carbocycles. The number of hydrogen-bond donors (Lipinski definition) is 1. The van der Waals surface area contributed by atoms with Gasteiger partial charge in [-0.15, -0.1) is 11.3 Å². The minimum absolute atomic E-state index is 1.16. The normalized spacial score (nSPS) is 11.2. The lowest BCUT2D eigenvalue weighted by molar-refractivity contribution is 0.329. The molecule has 98 valence electrons. The SMILES string of the molecule is CCCNCCCCN(C)CCc1cccs1. The third kappa shape index (κ3) is 7.53. The molecule has 3 heteroatoms. The van der Waals surface area contributed by atoms with Gasteiger partial charge in [0.1, 0.15) is 0 Å². The smallest absolute Gasteiger partial charge is 0.00579 e. The molecule has 0 aliphatic rings. The molecule has 1 N–H and O–H groups in total. The third-order valence-electron chi connectivity index (χ3n) is 2.89. The summed E-state index contributed by atoms with van der Waals surface area (Å²) in [7, 11) is 2.23. The molecule has 0 amide bonds. The molecule has 0 radical (unpaired) electrons. The van der Waals surface area contributed by atoms with E-state index in [2.05, 4.69) is 41.7 Å². The fourth-order valence-corrected chi connectivity index (χ4v) is 2.50. The second-order valence-electron chi connectivity index (χ2n) is 4.59. The van der Waals surface area contributed by atoms with Crippen molar-refractivity contribution in [1.29, 1.82) is 0 Å². The summed E-state index contributed by atoms with van der Waals surface area (Å²) in [4.78, 5) is 3.95. The number of nitrogens with one attached hydrogen (secondary N) is 1. The highest BCUT2D eigenvalue weighted by Gasteiger charge is 1.99. The van der Waals surface area contributed by atoms with Crippen LogP contribution >= 0.6 is 11.3 Å². The largest absolute Gasteiger partial charge is 0.317 e. The summed E-state index contributed by atoms with van der Waals surface area (Å²) in [6, 6.07) is 4.37. The minimum atomic E-state index is 1.16. The van der Waals surface area contributed by atoms with Gasteiger partial charge in [-0.05, 0) is 63.8 Å². The van der Waals surface area contributed by atoms with Gasteiger partial charge in [-0.1, -0.05) is 13.0 Å². The van der Waals surface area contributed by atoms with Crippen molar-refractivity contribution in [2.75, 3.05) is 33.2 Å². The van der Waals surface area contributed by atoms with Crippen molar-refractivity contribution in [3.63, 3.8) is 0 Å². The second kappa shape index (κ2) is 9.63. The Bertz CT molecular complexity index is 259. The van der Waals surface area contributed by atoms with E-state index in [1.807, 2.05) is 11.3 Å². The Morgan fingerprint density at radius 3 is 2.82 bits per heavy atom. The zero-order valence-corrected chi connectivity index (χ0v) is 12.1. The summed E-state index contributed by atoms with van der Waals surface area (Å²) in [5, 5.41) is 5.61. The van der Waals surface area contributed by atoms with Crippen LogP contribution < -0.4 is 5.32 Å². The van der Waals surface area contributed by atoms with E-state index in [0.717, 1.165) is 6.54 Å². The van der Waals surface area contributed by atoms with E-state index in [1.54, 1.807) is 0 Å². The van der Waals surface area contributed by atoms with Crippen LogP contribution in [0.2, 0.25) is 0 Å². The fourth-order valence-electron chi connectivity index (χ4n) is 1.80. The molecule has 0 aliphatic carbocycles. The Hall–Kier alpha value is -0.380. The predicted molar refractivity (Wildman–Crippen MR) is 77.9 cm³/mol. The van der Waals surface area contributed by atoms with E-state index < -0.39 is 0 Å². The molecule has 0 saturated carbocycles. The number of likely N-dealkylation sites (N-methyl/N-ethyl adjacent to an activating group) is 1. The fraction of sp³-hybridized carbons (Fsp3) is 0.714. The first kappa shape index (κ1) is 14.7. The highest BCUT2D eigenvalue weighted by Crippen LogP contribution is 2.09. The number of thiophene rings is 1. The quantitative estimate of drug-likeness (QED) is 0.646. The van der Waals surface area contributed by atoms with Gasteiger partial charge in [-0.3, -0.25) is 0 Å². The van der Waals surface area contributed by atoms with Crippen molar-refractivity contribution >= 4 is 11.3 Å². The van der Waals surface area contributed by atoms with Crippen molar-refractivity contribution in [2.24, 2.45) is 0 Å². The molecule has 0 bridgehead atoms. The molecule has 1 rings (SSSR count). The Morgan fingerprint density at radius 2 is 2.12 bits per heavy atom. The van der Waals surface area contributed by atoms with Crippen LogP contribution in [0.5, 0.6) is 0 Å². The second-order valence-corrected chi connectivity index (χ2v) is 5.62. The van der Waals surface area contributed by atoms with Crippen LogP contribution in [0.25, 0.3) is 0 Å². The number of nitrogens with zero attached hydrogens (tertiary/aromatic N) is 1. The summed E-state index contributed by atoms with van der Waals surface area (Å²) in [5.41, 5.74) is 0. The number of rotatable bonds is 10. The van der Waals surface area contributed by atoms with Crippen LogP contribution in [0, 0.1) is 0 Å². The lowest BCUT2D eigenvalue weighted by Crippen LogP contribution is -2.23. The van der Waals surface area contributed by atoms with E-state index in [-0.39, 0.29) is 0 Å². The average Bonchev–Trinajstić information content (AvgIpc) is 2.84. The molecule has 0 spiro atoms. The van der Waals surface area contributed by atoms with Gasteiger partial charge in [-0.2, -0.15) is 0 Å². The predicted octanol–water partition coefficient (Wildman–Crippen LogP) is 3.00. The monoisotopic (exact) mass is 254 g/mol. The minimum Gasteiger partial charge on any atom is -0.317 e. The Labute approximate surface area is 110 Å². The average molecular weight is 254 g/mol. The molecule has 0 atom stereocenters. The van der Waals surface area contributed by atoms with Crippen molar-refractivity contribution < 1.29 is 0 Å². The van der Waals surface area contributed by atoms with E-state index in [1.165, 1.54) is 50.2 Å². The maximum Gasteiger partial charge on any atom is 0.00579 e. The van der Waals surface area contributed by atoms with E-state index in [4.69, 9.17) is 0 Å². The summed E-state index contributed by atoms with van der Waals surface area (Å²) in [5.74, 6) is 0. The molecular weight excluding hydrogens is 228 g/mol. The lowest BCUT2D eigenvalue weighted by atomic mass is 10.2. The molecule has 0 aliphatic heterocycles. The van der Waals surface area contributed by atoms with E-state index in [9.17, 15) is 0 Å². The lowest BCUT2D eigenvalue weighted by Gasteiger charge is -2.15. The van der Waals surface area contributed by atoms with Crippen molar-refractivity contribution in [1.82, 2.24) is 10.2 Å². The molecule has 1 aromatic rings. The van der Waals surface area contributed by atoms with Crippen LogP contribution in [0.4, 0.5) is 0 Å². The summed E-state index contributed by atoms with van der Waals surface area (Å²) in [6.45, 7) is 6.95. The topological polar surface area (TPSA) is 15.3 Å². The molecule has 0 saturated heterocycles. The maximum atomic E-state index is 3.45. The van der Waals surface area contributed by atoms with Crippen LogP contribution in [-0.4, -0.2) is 38.1 Å². The Morgan fingerprint density at radius 1 is 1.24 bits per heavy atom. The molecule has 17 heavy (non-hydrogen) atoms. The maximum absolute atomic E-state index is 3.45. The zero-order valence-electron chi connectivity index (χ0n) is 11.2. The molecule has 0 fully saturated rings. The van der Waals surface area contributed by atoms with Gasteiger partial charge < -0.3 is 10.2 Å². The van der Waals surface area contributed by atoms with E-state index in [0.29, 0.717) is 0 Å². The van der Waals surface area contributed by atoms with Gasteiger partial charge >= 0.3 is 0 Å². The molecule has 1 aromatic heterocycles. The molecule has 0 unspecified atom stereocenters. The summed E-state index contributed by atoms with van der Waals surface area (Å²) < 4.78 is 0. The van der Waals surface area contributed by atoms with Gasteiger partial charge in [0.05, 0.1) is 0 Å². The summed E-state index contributed by atoms with van der Waals surface area (Å²) >= 11 is 1.87. The van der Waals surface area contributed by atoms with Crippen molar-refractivity contribution in [2.45, 2.75) is 32.6 Å². The first-order chi connectivity index (χ1) is 8.33. The van der Waals surface area contributed by atoms with Gasteiger partial charge in [0.25, 0.3) is 0 Å². The van der Waals surface area contributed by atoms with Crippen LogP contribution in [0.15, 0.2) is 17.5 Å². The van der Waals surface area contributed by atoms with Crippen LogP contribution in [-0.2, 0) is 6.42 Å². The van der Waals surface area contributed by atoms with Gasteiger partial charge in [0.2, 0.25) is 0 Å². The van der Waals surface area contributed by atoms with E-state index >= 15 is 0 Å². The van der Waals surface area contributed by atoms with Gasteiger partial charge in [-0.25, -0.2) is 0 Å². The van der Waals surface area contributed by atoms with Crippen molar-refractivity contribution in [3.05, 3.63) is 22.4 Å². The number of hydrogen-bond acceptors (Lipinski definition) is 3. The first-order valence-corrected chi connectivity index (χ1v) is 7.62. The van der Waals surface area contributed by atoms with Crippen molar-refractivity contribution in [3.8, 4) is 0 Å². The Balaban J connectivity index is 1.92. The zero-order chi connectivity index (χ0) is 12.3. The highest BCUT2D eigenvalue weighted by atomic mass is 32.1. The highest BCUT2D eigenvalue weighted by molar-refractivity contribution is 7.09. The molecule has 2 nitrogen and oxygen atoms in total. The standard InChI is InChI=1S/C14H26N2S/c1-3-9-15-10-4-5-11-16(2)12-8-14-7-6-13-17-14/h6-7,13,15H,3-5,8-12H2,1-2H3. The van der Waals surface area contributed by atoms with Gasteiger partial charge in [0, 0.05) is 11.4 Å². The summed E-state index contributed by atoms with van der Waals surface area (Å²) in [6.07, 6.45) is 5.03. The van der Waals surface area contributed by atoms with Gasteiger partial charge in [0.15, 0.2) is 0 Å². The number of unbranched alkanes of at least 4 members (excludes halogenated alkanes) is 1. The first-order valence-electron chi connectivity index (χ1n) is 6.74. The molecular formula is C14H26N2S. The van der Waals surface area contributed by atoms with Crippen LogP contribution in [0.1, 0.15) is 31.1 Å². The molecule has 1 heterocycles. The van der Waals surface area contributed by atoms with Crippen LogP contribution in [0.3, 0.4) is 0 Å². The Kier molecular flexibility index (Phi) is 8.32.